The van der Waals surface area contributed by atoms with Gasteiger partial charge in [0.15, 0.2) is 16.6 Å². The molecule has 1 heterocycles. The number of methoxy groups -OCH3 is 1. The summed E-state index contributed by atoms with van der Waals surface area (Å²) in [6.45, 7) is 6.42. The third kappa shape index (κ3) is 4.73. The number of hydrogen-bond acceptors (Lipinski definition) is 5. The normalized spacial score (nSPS) is 15.5. The Balaban J connectivity index is 2.00. The van der Waals surface area contributed by atoms with E-state index in [1.54, 1.807) is 12.1 Å². The molecule has 0 atom stereocenters. The fourth-order valence-electron chi connectivity index (χ4n) is 3.17. The van der Waals surface area contributed by atoms with Crippen molar-refractivity contribution in [3.05, 3.63) is 58.1 Å². The van der Waals surface area contributed by atoms with Gasteiger partial charge in [0.25, 0.3) is 11.8 Å². The van der Waals surface area contributed by atoms with E-state index in [9.17, 15) is 9.59 Å². The lowest BCUT2D eigenvalue weighted by Crippen LogP contribution is -2.54. The molecule has 1 saturated heterocycles. The van der Waals surface area contributed by atoms with E-state index in [0.29, 0.717) is 40.3 Å². The highest BCUT2D eigenvalue weighted by Gasteiger charge is 2.34. The van der Waals surface area contributed by atoms with Crippen molar-refractivity contribution in [2.45, 2.75) is 26.7 Å². The van der Waals surface area contributed by atoms with Crippen LogP contribution < -0.4 is 19.7 Å². The van der Waals surface area contributed by atoms with Gasteiger partial charge >= 0.3 is 0 Å². The molecule has 1 fully saturated rings. The lowest BCUT2D eigenvalue weighted by atomic mass is 10.0. The molecular formula is C23H23ClN2O4S. The van der Waals surface area contributed by atoms with E-state index in [2.05, 4.69) is 19.2 Å². The number of thiocarbonyl (C=S) groups is 1. The summed E-state index contributed by atoms with van der Waals surface area (Å²) in [7, 11) is 1.49. The van der Waals surface area contributed by atoms with Crippen LogP contribution in [0.5, 0.6) is 11.5 Å². The maximum absolute atomic E-state index is 13.2. The Morgan fingerprint density at radius 1 is 1.19 bits per heavy atom. The molecule has 2 amide bonds. The lowest BCUT2D eigenvalue weighted by Gasteiger charge is -2.29. The largest absolute Gasteiger partial charge is 0.493 e. The number of ether oxygens (including phenoxy) is 2. The Morgan fingerprint density at radius 3 is 2.45 bits per heavy atom. The van der Waals surface area contributed by atoms with Crippen molar-refractivity contribution in [3.63, 3.8) is 0 Å². The van der Waals surface area contributed by atoms with Crippen LogP contribution >= 0.6 is 23.8 Å². The summed E-state index contributed by atoms with van der Waals surface area (Å²) in [6, 6.07) is 10.8. The predicted molar refractivity (Wildman–Crippen MR) is 126 cm³/mol. The zero-order valence-electron chi connectivity index (χ0n) is 17.7. The first-order valence-corrected chi connectivity index (χ1v) is 10.6. The number of anilines is 1. The van der Waals surface area contributed by atoms with Crippen LogP contribution in [0.3, 0.4) is 0 Å². The average Bonchev–Trinajstić information content (AvgIpc) is 2.73. The van der Waals surface area contributed by atoms with Crippen molar-refractivity contribution >= 4 is 52.5 Å². The molecule has 1 aliphatic heterocycles. The highest BCUT2D eigenvalue weighted by molar-refractivity contribution is 7.80. The van der Waals surface area contributed by atoms with Gasteiger partial charge in [0, 0.05) is 0 Å². The number of amides is 2. The maximum atomic E-state index is 13.2. The Labute approximate surface area is 191 Å². The van der Waals surface area contributed by atoms with Crippen molar-refractivity contribution in [1.82, 2.24) is 5.32 Å². The molecule has 2 aromatic rings. The molecule has 8 heteroatoms. The fourth-order valence-corrected chi connectivity index (χ4v) is 3.73. The topological polar surface area (TPSA) is 67.9 Å². The Bertz CT molecular complexity index is 1060. The number of benzene rings is 2. The summed E-state index contributed by atoms with van der Waals surface area (Å²) in [5.41, 5.74) is 2.17. The first kappa shape index (κ1) is 22.8. The number of carbonyl (C=O) groups is 2. The van der Waals surface area contributed by atoms with Gasteiger partial charge in [0.1, 0.15) is 5.57 Å². The van der Waals surface area contributed by atoms with Crippen molar-refractivity contribution in [2.24, 2.45) is 0 Å². The summed E-state index contributed by atoms with van der Waals surface area (Å²) in [6.07, 6.45) is 1.46. The molecule has 0 bridgehead atoms. The molecule has 0 aromatic heterocycles. The summed E-state index contributed by atoms with van der Waals surface area (Å²) in [4.78, 5) is 27.1. The monoisotopic (exact) mass is 458 g/mol. The smallest absolute Gasteiger partial charge is 0.270 e. The summed E-state index contributed by atoms with van der Waals surface area (Å²) >= 11 is 11.6. The van der Waals surface area contributed by atoms with Crippen LogP contribution in [0.15, 0.2) is 42.0 Å². The van der Waals surface area contributed by atoms with E-state index in [-0.39, 0.29) is 10.7 Å². The van der Waals surface area contributed by atoms with Crippen molar-refractivity contribution in [3.8, 4) is 11.5 Å². The first-order valence-electron chi connectivity index (χ1n) is 9.78. The van der Waals surface area contributed by atoms with Gasteiger partial charge in [-0.1, -0.05) is 37.6 Å². The summed E-state index contributed by atoms with van der Waals surface area (Å²) in [5.74, 6) is 0.0689. The molecule has 0 radical (unpaired) electrons. The van der Waals surface area contributed by atoms with Gasteiger partial charge in [-0.25, -0.2) is 0 Å². The van der Waals surface area contributed by atoms with Crippen LogP contribution in [0.1, 0.15) is 37.8 Å². The maximum Gasteiger partial charge on any atom is 0.270 e. The quantitative estimate of drug-likeness (QED) is 0.386. The van der Waals surface area contributed by atoms with Gasteiger partial charge in [-0.2, -0.15) is 0 Å². The minimum Gasteiger partial charge on any atom is -0.493 e. The molecule has 1 aliphatic rings. The molecular weight excluding hydrogens is 436 g/mol. The zero-order valence-corrected chi connectivity index (χ0v) is 19.3. The van der Waals surface area contributed by atoms with Crippen LogP contribution in [0.2, 0.25) is 5.02 Å². The predicted octanol–water partition coefficient (Wildman–Crippen LogP) is 4.70. The van der Waals surface area contributed by atoms with Crippen LogP contribution in [-0.4, -0.2) is 30.6 Å². The second-order valence-electron chi connectivity index (χ2n) is 7.17. The van der Waals surface area contributed by atoms with Crippen LogP contribution in [0, 0.1) is 0 Å². The van der Waals surface area contributed by atoms with Crippen molar-refractivity contribution < 1.29 is 19.1 Å². The van der Waals surface area contributed by atoms with Gasteiger partial charge in [0.05, 0.1) is 24.4 Å². The number of hydrogen-bond donors (Lipinski definition) is 1. The number of carbonyl (C=O) groups excluding carboxylic acids is 2. The Hall–Kier alpha value is -2.90. The van der Waals surface area contributed by atoms with E-state index < -0.39 is 11.8 Å². The molecule has 3 rings (SSSR count). The Morgan fingerprint density at radius 2 is 1.87 bits per heavy atom. The minimum absolute atomic E-state index is 0.0340. The average molecular weight is 459 g/mol. The van der Waals surface area contributed by atoms with Crippen molar-refractivity contribution in [1.29, 1.82) is 0 Å². The highest BCUT2D eigenvalue weighted by atomic mass is 35.5. The molecule has 2 aromatic carbocycles. The number of rotatable bonds is 6. The van der Waals surface area contributed by atoms with Crippen molar-refractivity contribution in [2.75, 3.05) is 18.6 Å². The summed E-state index contributed by atoms with van der Waals surface area (Å²) < 4.78 is 10.9. The lowest BCUT2D eigenvalue weighted by molar-refractivity contribution is -0.122. The Kier molecular flexibility index (Phi) is 6.97. The highest BCUT2D eigenvalue weighted by Crippen LogP contribution is 2.37. The SMILES string of the molecule is CCOc1c(Cl)cc(/C=C2/C(=O)NC(=S)N(c3ccc(C(C)C)cc3)C2=O)cc1OC. The molecule has 0 spiro atoms. The van der Waals surface area contributed by atoms with E-state index in [1.165, 1.54) is 18.1 Å². The standard InChI is InChI=1S/C23H23ClN2O4S/c1-5-30-20-18(24)11-14(12-19(20)29-4)10-17-21(27)25-23(31)26(22(17)28)16-8-6-15(7-9-16)13(2)3/h6-13H,5H2,1-4H3,(H,25,27,31)/b17-10-. The van der Waals surface area contributed by atoms with Gasteiger partial charge < -0.3 is 9.47 Å². The van der Waals surface area contributed by atoms with Gasteiger partial charge in [0.2, 0.25) is 0 Å². The number of halogens is 1. The third-order valence-corrected chi connectivity index (χ3v) is 5.34. The number of nitrogens with one attached hydrogen (secondary N) is 1. The molecule has 6 nitrogen and oxygen atoms in total. The minimum atomic E-state index is -0.575. The molecule has 31 heavy (non-hydrogen) atoms. The molecule has 1 N–H and O–H groups in total. The van der Waals surface area contributed by atoms with Gasteiger partial charge in [-0.05, 0) is 66.5 Å². The van der Waals surface area contributed by atoms with Gasteiger partial charge in [-0.15, -0.1) is 0 Å². The van der Waals surface area contributed by atoms with Gasteiger partial charge in [-0.3, -0.25) is 19.8 Å². The van der Waals surface area contributed by atoms with E-state index >= 15 is 0 Å². The second-order valence-corrected chi connectivity index (χ2v) is 7.97. The first-order chi connectivity index (χ1) is 14.8. The van der Waals surface area contributed by atoms with E-state index in [1.807, 2.05) is 31.2 Å². The molecule has 0 saturated carbocycles. The fraction of sp³-hybridized carbons (Fsp3) is 0.261. The van der Waals surface area contributed by atoms with E-state index in [4.69, 9.17) is 33.3 Å². The molecule has 162 valence electrons. The zero-order chi connectivity index (χ0) is 22.7. The summed E-state index contributed by atoms with van der Waals surface area (Å²) in [5, 5.41) is 2.93. The van der Waals surface area contributed by atoms with Crippen LogP contribution in [0.4, 0.5) is 5.69 Å². The number of nitrogens with zero attached hydrogens (tertiary/aromatic N) is 1. The molecule has 0 aliphatic carbocycles. The third-order valence-electron chi connectivity index (χ3n) is 4.77. The van der Waals surface area contributed by atoms with E-state index in [0.717, 1.165) is 5.56 Å². The molecule has 0 unspecified atom stereocenters. The van der Waals surface area contributed by atoms with Crippen LogP contribution in [-0.2, 0) is 9.59 Å². The van der Waals surface area contributed by atoms with Crippen LogP contribution in [0.25, 0.3) is 6.08 Å². The second kappa shape index (κ2) is 9.49.